The number of methoxy groups -OCH3 is 1. The Morgan fingerprint density at radius 3 is 2.41 bits per heavy atom. The lowest BCUT2D eigenvalue weighted by Gasteiger charge is -1.98. The molecule has 0 aromatic heterocycles. The second-order valence-corrected chi connectivity index (χ2v) is 4.21. The van der Waals surface area contributed by atoms with Gasteiger partial charge < -0.3 is 4.74 Å². The largest absolute Gasteiger partial charge is 0.497 e. The van der Waals surface area contributed by atoms with E-state index in [0.717, 1.165) is 11.3 Å². The summed E-state index contributed by atoms with van der Waals surface area (Å²) >= 11 is 6.03. The number of hydrogen-bond acceptors (Lipinski definition) is 1. The summed E-state index contributed by atoms with van der Waals surface area (Å²) in [6.07, 6.45) is 7.58. The van der Waals surface area contributed by atoms with E-state index >= 15 is 0 Å². The van der Waals surface area contributed by atoms with Crippen LogP contribution in [0.5, 0.6) is 5.75 Å². The maximum absolute atomic E-state index is 6.03. The molecule has 0 fully saturated rings. The Kier molecular flexibility index (Phi) is 5.50. The average Bonchev–Trinajstić information content (AvgIpc) is 2.34. The summed E-state index contributed by atoms with van der Waals surface area (Å²) in [6.45, 7) is 0. The van der Waals surface area contributed by atoms with Gasteiger partial charge in [-0.1, -0.05) is 29.8 Å². The first-order chi connectivity index (χ1) is 8.11. The zero-order valence-corrected chi connectivity index (χ0v) is 11.1. The average molecular weight is 251 g/mol. The summed E-state index contributed by atoms with van der Waals surface area (Å²) in [7, 11) is 5.56. The minimum atomic E-state index is 0.689. The summed E-state index contributed by atoms with van der Waals surface area (Å²) in [6, 6.07) is 7.80. The standard InChI is InChI=1S/C14H17ClNO/c1-16(2)11-10-13(15)7-4-12-5-8-14(17-3)9-6-12/h4-11H,1-3H3/q+1/b7-4+,13-10-. The van der Waals surface area contributed by atoms with Crippen LogP contribution >= 0.6 is 11.6 Å². The number of nitrogens with zero attached hydrogens (tertiary/aromatic N) is 1. The first kappa shape index (κ1) is 13.5. The van der Waals surface area contributed by atoms with Gasteiger partial charge in [-0.05, 0) is 23.8 Å². The van der Waals surface area contributed by atoms with E-state index in [2.05, 4.69) is 0 Å². The quantitative estimate of drug-likeness (QED) is 0.454. The third-order valence-corrected chi connectivity index (χ3v) is 2.33. The van der Waals surface area contributed by atoms with Gasteiger partial charge in [0.25, 0.3) is 0 Å². The molecule has 0 unspecified atom stereocenters. The van der Waals surface area contributed by atoms with Crippen molar-refractivity contribution in [3.05, 3.63) is 47.0 Å². The third-order valence-electron chi connectivity index (χ3n) is 2.08. The molecule has 2 nitrogen and oxygen atoms in total. The Balaban J connectivity index is 2.70. The summed E-state index contributed by atoms with van der Waals surface area (Å²) in [5, 5.41) is 0.689. The number of ether oxygens (including phenoxy) is 1. The Bertz CT molecular complexity index is 440. The topological polar surface area (TPSA) is 12.2 Å². The van der Waals surface area contributed by atoms with E-state index in [1.165, 1.54) is 0 Å². The number of halogens is 1. The van der Waals surface area contributed by atoms with E-state index in [0.29, 0.717) is 5.03 Å². The highest BCUT2D eigenvalue weighted by Crippen LogP contribution is 2.13. The molecule has 0 saturated carbocycles. The molecule has 90 valence electrons. The van der Waals surface area contributed by atoms with Gasteiger partial charge in [0.2, 0.25) is 0 Å². The molecule has 0 atom stereocenters. The zero-order chi connectivity index (χ0) is 12.7. The van der Waals surface area contributed by atoms with Crippen LogP contribution in [0.4, 0.5) is 0 Å². The second kappa shape index (κ2) is 6.92. The molecule has 1 aromatic carbocycles. The van der Waals surface area contributed by atoms with Crippen LogP contribution in [0.15, 0.2) is 41.4 Å². The SMILES string of the molecule is COc1ccc(/C=C/C(Cl)=C/C=[N+](C)C)cc1. The summed E-state index contributed by atoms with van der Waals surface area (Å²) in [4.78, 5) is 0. The summed E-state index contributed by atoms with van der Waals surface area (Å²) in [5.74, 6) is 0.852. The van der Waals surface area contributed by atoms with Gasteiger partial charge in [0.15, 0.2) is 6.21 Å². The zero-order valence-electron chi connectivity index (χ0n) is 10.4. The normalized spacial score (nSPS) is 11.6. The van der Waals surface area contributed by atoms with E-state index in [-0.39, 0.29) is 0 Å². The Morgan fingerprint density at radius 1 is 1.24 bits per heavy atom. The molecule has 3 heteroatoms. The molecule has 1 aromatic rings. The molecule has 17 heavy (non-hydrogen) atoms. The van der Waals surface area contributed by atoms with Crippen molar-refractivity contribution in [2.24, 2.45) is 0 Å². The molecular weight excluding hydrogens is 234 g/mol. The minimum Gasteiger partial charge on any atom is -0.497 e. The van der Waals surface area contributed by atoms with Gasteiger partial charge in [0, 0.05) is 11.1 Å². The molecule has 0 N–H and O–H groups in total. The summed E-state index contributed by atoms with van der Waals surface area (Å²) in [5.41, 5.74) is 1.09. The highest BCUT2D eigenvalue weighted by atomic mass is 35.5. The minimum absolute atomic E-state index is 0.689. The van der Waals surface area contributed by atoms with Crippen LogP contribution in [-0.2, 0) is 0 Å². The molecule has 0 amide bonds. The Morgan fingerprint density at radius 2 is 1.88 bits per heavy atom. The summed E-state index contributed by atoms with van der Waals surface area (Å²) < 4.78 is 7.02. The van der Waals surface area contributed by atoms with Crippen molar-refractivity contribution in [3.8, 4) is 5.75 Å². The molecule has 0 aliphatic carbocycles. The van der Waals surface area contributed by atoms with Crippen molar-refractivity contribution in [3.63, 3.8) is 0 Å². The third kappa shape index (κ3) is 5.36. The van der Waals surface area contributed by atoms with Crippen molar-refractivity contribution >= 4 is 23.9 Å². The van der Waals surface area contributed by atoms with E-state index in [4.69, 9.17) is 16.3 Å². The Labute approximate surface area is 107 Å². The maximum Gasteiger partial charge on any atom is 0.164 e. The van der Waals surface area contributed by atoms with Gasteiger partial charge in [-0.25, -0.2) is 4.58 Å². The van der Waals surface area contributed by atoms with E-state index < -0.39 is 0 Å². The second-order valence-electron chi connectivity index (χ2n) is 3.77. The number of rotatable bonds is 4. The van der Waals surface area contributed by atoms with Crippen LogP contribution in [0.1, 0.15) is 5.56 Å². The first-order valence-electron chi connectivity index (χ1n) is 5.31. The molecule has 0 heterocycles. The lowest BCUT2D eigenvalue weighted by Crippen LogP contribution is -1.95. The monoisotopic (exact) mass is 250 g/mol. The van der Waals surface area contributed by atoms with E-state index in [9.17, 15) is 0 Å². The molecule has 1 rings (SSSR count). The van der Waals surface area contributed by atoms with Crippen molar-refractivity contribution < 1.29 is 9.31 Å². The van der Waals surface area contributed by atoms with Crippen molar-refractivity contribution in [1.82, 2.24) is 0 Å². The lowest BCUT2D eigenvalue weighted by molar-refractivity contribution is -0.458. The number of benzene rings is 1. The van der Waals surface area contributed by atoms with Crippen LogP contribution in [0.3, 0.4) is 0 Å². The maximum atomic E-state index is 6.03. The molecule has 0 aliphatic heterocycles. The van der Waals surface area contributed by atoms with Crippen LogP contribution in [0, 0.1) is 0 Å². The van der Waals surface area contributed by atoms with Crippen molar-refractivity contribution in [1.29, 1.82) is 0 Å². The Hall–Kier alpha value is -1.54. The van der Waals surface area contributed by atoms with Crippen molar-refractivity contribution in [2.75, 3.05) is 21.2 Å². The molecule has 0 radical (unpaired) electrons. The van der Waals surface area contributed by atoms with E-state index in [1.807, 2.05) is 67.4 Å². The molecule has 0 spiro atoms. The molecule has 0 bridgehead atoms. The van der Waals surface area contributed by atoms with Crippen LogP contribution in [0.25, 0.3) is 6.08 Å². The van der Waals surface area contributed by atoms with E-state index in [1.54, 1.807) is 7.11 Å². The van der Waals surface area contributed by atoms with Crippen LogP contribution < -0.4 is 4.74 Å². The predicted octanol–water partition coefficient (Wildman–Crippen LogP) is 3.17. The van der Waals surface area contributed by atoms with Gasteiger partial charge in [-0.15, -0.1) is 0 Å². The fraction of sp³-hybridized carbons (Fsp3) is 0.214. The van der Waals surface area contributed by atoms with Gasteiger partial charge in [-0.2, -0.15) is 0 Å². The fourth-order valence-electron chi connectivity index (χ4n) is 1.17. The van der Waals surface area contributed by atoms with Gasteiger partial charge in [0.05, 0.1) is 7.11 Å². The highest BCUT2D eigenvalue weighted by Gasteiger charge is 1.91. The van der Waals surface area contributed by atoms with Crippen molar-refractivity contribution in [2.45, 2.75) is 0 Å². The lowest BCUT2D eigenvalue weighted by atomic mass is 10.2. The van der Waals surface area contributed by atoms with Crippen LogP contribution in [0.2, 0.25) is 0 Å². The molecule has 0 aliphatic rings. The number of allylic oxidation sites excluding steroid dienone is 3. The van der Waals surface area contributed by atoms with Gasteiger partial charge >= 0.3 is 0 Å². The highest BCUT2D eigenvalue weighted by molar-refractivity contribution is 6.32. The number of hydrogen-bond donors (Lipinski definition) is 0. The smallest absolute Gasteiger partial charge is 0.164 e. The first-order valence-corrected chi connectivity index (χ1v) is 5.69. The van der Waals surface area contributed by atoms with Crippen LogP contribution in [-0.4, -0.2) is 32.0 Å². The van der Waals surface area contributed by atoms with Gasteiger partial charge in [0.1, 0.15) is 19.8 Å². The fourth-order valence-corrected chi connectivity index (χ4v) is 1.29. The molecule has 0 saturated heterocycles. The van der Waals surface area contributed by atoms with Gasteiger partial charge in [-0.3, -0.25) is 0 Å². The molecular formula is C14H17ClNO+. The predicted molar refractivity (Wildman–Crippen MR) is 74.1 cm³/mol.